The predicted octanol–water partition coefficient (Wildman–Crippen LogP) is 2.94. The molecule has 0 aliphatic carbocycles. The van der Waals surface area contributed by atoms with Gasteiger partial charge in [0.2, 0.25) is 0 Å². The lowest BCUT2D eigenvalue weighted by Gasteiger charge is -2.09. The standard InChI is InChI=1S/C12H13/c1-5-11-7-6-8-12(9(2)3)10(11)4/h1,6-8H,2-4H3. The van der Waals surface area contributed by atoms with Crippen molar-refractivity contribution in [2.75, 3.05) is 0 Å². The maximum atomic E-state index is 5.36. The molecule has 0 unspecified atom stereocenters. The first-order valence-electron chi connectivity index (χ1n) is 4.03. The molecule has 0 bridgehead atoms. The van der Waals surface area contributed by atoms with Crippen molar-refractivity contribution < 1.29 is 0 Å². The summed E-state index contributed by atoms with van der Waals surface area (Å²) in [5, 5.41) is 0. The zero-order valence-corrected chi connectivity index (χ0v) is 7.81. The third-order valence-electron chi connectivity index (χ3n) is 2.03. The number of hydrogen-bond donors (Lipinski definition) is 0. The van der Waals surface area contributed by atoms with Crippen molar-refractivity contribution in [1.29, 1.82) is 0 Å². The highest BCUT2D eigenvalue weighted by atomic mass is 14.1. The second-order valence-electron chi connectivity index (χ2n) is 3.12. The van der Waals surface area contributed by atoms with Gasteiger partial charge in [0.25, 0.3) is 0 Å². The van der Waals surface area contributed by atoms with Gasteiger partial charge in [-0.05, 0) is 30.0 Å². The van der Waals surface area contributed by atoms with E-state index in [1.807, 2.05) is 12.1 Å². The van der Waals surface area contributed by atoms with E-state index in [-0.39, 0.29) is 0 Å². The van der Waals surface area contributed by atoms with Crippen LogP contribution in [-0.4, -0.2) is 0 Å². The van der Waals surface area contributed by atoms with Crippen LogP contribution in [0.25, 0.3) is 0 Å². The Morgan fingerprint density at radius 3 is 2.50 bits per heavy atom. The number of rotatable bonds is 1. The molecule has 0 atom stereocenters. The van der Waals surface area contributed by atoms with E-state index >= 15 is 0 Å². The summed E-state index contributed by atoms with van der Waals surface area (Å²) >= 11 is 0. The first-order valence-corrected chi connectivity index (χ1v) is 4.03. The summed E-state index contributed by atoms with van der Waals surface area (Å²) in [4.78, 5) is 0. The van der Waals surface area contributed by atoms with E-state index in [0.29, 0.717) is 0 Å². The Hall–Kier alpha value is -1.22. The Balaban J connectivity index is 3.25. The first-order chi connectivity index (χ1) is 5.66. The van der Waals surface area contributed by atoms with Crippen molar-refractivity contribution in [1.82, 2.24) is 0 Å². The highest BCUT2D eigenvalue weighted by Gasteiger charge is 2.05. The average molecular weight is 157 g/mol. The number of benzene rings is 1. The van der Waals surface area contributed by atoms with Gasteiger partial charge >= 0.3 is 0 Å². The molecule has 12 heavy (non-hydrogen) atoms. The monoisotopic (exact) mass is 157 g/mol. The van der Waals surface area contributed by atoms with E-state index < -0.39 is 0 Å². The van der Waals surface area contributed by atoms with E-state index in [2.05, 4.69) is 32.8 Å². The van der Waals surface area contributed by atoms with Crippen molar-refractivity contribution in [3.05, 3.63) is 40.8 Å². The van der Waals surface area contributed by atoms with Gasteiger partial charge in [0.05, 0.1) is 0 Å². The van der Waals surface area contributed by atoms with Gasteiger partial charge in [0.15, 0.2) is 0 Å². The molecule has 1 rings (SSSR count). The van der Waals surface area contributed by atoms with Gasteiger partial charge in [-0.1, -0.05) is 31.9 Å². The van der Waals surface area contributed by atoms with E-state index in [0.717, 1.165) is 5.56 Å². The third kappa shape index (κ3) is 1.51. The molecule has 61 valence electrons. The molecule has 0 heteroatoms. The summed E-state index contributed by atoms with van der Waals surface area (Å²) in [5.74, 6) is 3.99. The fourth-order valence-electron chi connectivity index (χ4n) is 1.33. The Kier molecular flexibility index (Phi) is 2.55. The normalized spacial score (nSPS) is 9.92. The Morgan fingerprint density at radius 2 is 2.00 bits per heavy atom. The van der Waals surface area contributed by atoms with Gasteiger partial charge < -0.3 is 0 Å². The Labute approximate surface area is 74.6 Å². The highest BCUT2D eigenvalue weighted by molar-refractivity contribution is 5.47. The first kappa shape index (κ1) is 8.87. The lowest BCUT2D eigenvalue weighted by molar-refractivity contribution is 1.12. The molecule has 0 aliphatic heterocycles. The van der Waals surface area contributed by atoms with Gasteiger partial charge in [0, 0.05) is 5.56 Å². The maximum Gasteiger partial charge on any atom is 0.0274 e. The van der Waals surface area contributed by atoms with Gasteiger partial charge in [-0.3, -0.25) is 0 Å². The predicted molar refractivity (Wildman–Crippen MR) is 52.8 cm³/mol. The molecule has 0 aliphatic rings. The van der Waals surface area contributed by atoms with Gasteiger partial charge in [-0.15, -0.1) is 6.42 Å². The van der Waals surface area contributed by atoms with E-state index in [4.69, 9.17) is 6.42 Å². The van der Waals surface area contributed by atoms with Gasteiger partial charge in [-0.25, -0.2) is 0 Å². The van der Waals surface area contributed by atoms with Crippen LogP contribution in [-0.2, 0) is 0 Å². The Bertz CT molecular complexity index is 313. The molecule has 0 saturated heterocycles. The number of hydrogen-bond acceptors (Lipinski definition) is 0. The molecule has 0 heterocycles. The summed E-state index contributed by atoms with van der Waals surface area (Å²) in [6.07, 6.45) is 5.36. The lowest BCUT2D eigenvalue weighted by Crippen LogP contribution is -1.94. The quantitative estimate of drug-likeness (QED) is 0.550. The second kappa shape index (κ2) is 3.45. The largest absolute Gasteiger partial charge is 0.115 e. The zero-order valence-electron chi connectivity index (χ0n) is 7.81. The molecular formula is C12H13. The smallest absolute Gasteiger partial charge is 0.0274 e. The zero-order chi connectivity index (χ0) is 9.14. The molecule has 0 fully saturated rings. The SMILES string of the molecule is C#Cc1cccc([C](C)C)c1C. The number of terminal acetylenes is 1. The summed E-state index contributed by atoms with van der Waals surface area (Å²) in [6.45, 7) is 6.27. The minimum Gasteiger partial charge on any atom is -0.115 e. The van der Waals surface area contributed by atoms with Crippen molar-refractivity contribution in [3.63, 3.8) is 0 Å². The lowest BCUT2D eigenvalue weighted by atomic mass is 9.95. The molecule has 0 aromatic heterocycles. The van der Waals surface area contributed by atoms with Crippen LogP contribution in [0, 0.1) is 25.2 Å². The molecule has 0 spiro atoms. The fraction of sp³-hybridized carbons (Fsp3) is 0.250. The van der Waals surface area contributed by atoms with Crippen LogP contribution in [0.2, 0.25) is 0 Å². The summed E-state index contributed by atoms with van der Waals surface area (Å²) in [6, 6.07) is 6.08. The van der Waals surface area contributed by atoms with Crippen LogP contribution in [0.5, 0.6) is 0 Å². The van der Waals surface area contributed by atoms with Crippen LogP contribution in [0.1, 0.15) is 30.5 Å². The molecular weight excluding hydrogens is 144 g/mol. The van der Waals surface area contributed by atoms with Crippen molar-refractivity contribution in [2.45, 2.75) is 20.8 Å². The van der Waals surface area contributed by atoms with Crippen LogP contribution in [0.4, 0.5) is 0 Å². The fourth-order valence-corrected chi connectivity index (χ4v) is 1.33. The van der Waals surface area contributed by atoms with Crippen LogP contribution >= 0.6 is 0 Å². The summed E-state index contributed by atoms with van der Waals surface area (Å²) in [5.41, 5.74) is 3.47. The molecule has 0 amide bonds. The summed E-state index contributed by atoms with van der Waals surface area (Å²) < 4.78 is 0. The van der Waals surface area contributed by atoms with Gasteiger partial charge in [-0.2, -0.15) is 0 Å². The molecule has 1 aromatic carbocycles. The highest BCUT2D eigenvalue weighted by Crippen LogP contribution is 2.20. The van der Waals surface area contributed by atoms with Crippen LogP contribution in [0.15, 0.2) is 18.2 Å². The van der Waals surface area contributed by atoms with Crippen molar-refractivity contribution in [2.24, 2.45) is 0 Å². The molecule has 0 nitrogen and oxygen atoms in total. The van der Waals surface area contributed by atoms with Crippen molar-refractivity contribution >= 4 is 0 Å². The van der Waals surface area contributed by atoms with Gasteiger partial charge in [0.1, 0.15) is 0 Å². The minimum atomic E-state index is 0.994. The van der Waals surface area contributed by atoms with Crippen LogP contribution < -0.4 is 0 Å². The average Bonchev–Trinajstić information content (AvgIpc) is 2.04. The van der Waals surface area contributed by atoms with E-state index in [1.54, 1.807) is 0 Å². The summed E-state index contributed by atoms with van der Waals surface area (Å²) in [7, 11) is 0. The van der Waals surface area contributed by atoms with E-state index in [1.165, 1.54) is 17.0 Å². The molecule has 0 saturated carbocycles. The molecule has 0 N–H and O–H groups in total. The topological polar surface area (TPSA) is 0 Å². The molecule has 1 aromatic rings. The maximum absolute atomic E-state index is 5.36. The minimum absolute atomic E-state index is 0.994. The van der Waals surface area contributed by atoms with Crippen LogP contribution in [0.3, 0.4) is 0 Å². The molecule has 1 radical (unpaired) electrons. The van der Waals surface area contributed by atoms with E-state index in [9.17, 15) is 0 Å². The Morgan fingerprint density at radius 1 is 1.33 bits per heavy atom. The van der Waals surface area contributed by atoms with Crippen molar-refractivity contribution in [3.8, 4) is 12.3 Å². The second-order valence-corrected chi connectivity index (χ2v) is 3.12. The third-order valence-corrected chi connectivity index (χ3v) is 2.03.